The molecule has 3 aromatic rings. The number of thioether (sulfide) groups is 1. The van der Waals surface area contributed by atoms with Gasteiger partial charge in [-0.25, -0.2) is 9.78 Å². The highest BCUT2D eigenvalue weighted by Gasteiger charge is 2.22. The van der Waals surface area contributed by atoms with Crippen molar-refractivity contribution in [2.24, 2.45) is 0 Å². The molecule has 0 atom stereocenters. The first-order chi connectivity index (χ1) is 12.2. The summed E-state index contributed by atoms with van der Waals surface area (Å²) in [5, 5.41) is 2.42. The monoisotopic (exact) mass is 358 g/mol. The average molecular weight is 358 g/mol. The van der Waals surface area contributed by atoms with E-state index in [4.69, 9.17) is 9.47 Å². The number of ether oxygens (including phenoxy) is 2. The molecular weight excluding hydrogens is 340 g/mol. The Kier molecular flexibility index (Phi) is 5.23. The number of carbonyl (C=O) groups excluding carboxylic acids is 2. The van der Waals surface area contributed by atoms with Crippen molar-refractivity contribution in [2.75, 3.05) is 19.0 Å². The first kappa shape index (κ1) is 17.3. The van der Waals surface area contributed by atoms with Crippen LogP contribution in [-0.2, 0) is 14.3 Å². The zero-order chi connectivity index (χ0) is 17.8. The van der Waals surface area contributed by atoms with Crippen LogP contribution in [0.1, 0.15) is 24.3 Å². The SMILES string of the molecule is CCOC(=O)CSc1nc2c3ccccc3ccn2c1C(=O)OCC. The van der Waals surface area contributed by atoms with Crippen molar-refractivity contribution in [2.45, 2.75) is 18.9 Å². The van der Waals surface area contributed by atoms with E-state index in [2.05, 4.69) is 4.98 Å². The molecular formula is C18H18N2O4S. The highest BCUT2D eigenvalue weighted by Crippen LogP contribution is 2.28. The Bertz CT molecular complexity index is 935. The van der Waals surface area contributed by atoms with E-state index in [1.807, 2.05) is 30.3 Å². The number of fused-ring (bicyclic) bond motifs is 3. The van der Waals surface area contributed by atoms with Crippen molar-refractivity contribution >= 4 is 40.1 Å². The number of aromatic nitrogens is 2. The lowest BCUT2D eigenvalue weighted by atomic mass is 10.2. The van der Waals surface area contributed by atoms with Gasteiger partial charge >= 0.3 is 11.9 Å². The molecule has 0 aliphatic rings. The van der Waals surface area contributed by atoms with Crippen molar-refractivity contribution in [3.8, 4) is 0 Å². The van der Waals surface area contributed by atoms with Crippen molar-refractivity contribution in [3.05, 3.63) is 42.2 Å². The topological polar surface area (TPSA) is 69.9 Å². The number of nitrogens with zero attached hydrogens (tertiary/aromatic N) is 2. The molecule has 2 heterocycles. The Balaban J connectivity index is 2.09. The quantitative estimate of drug-likeness (QED) is 0.497. The smallest absolute Gasteiger partial charge is 0.358 e. The van der Waals surface area contributed by atoms with E-state index in [1.54, 1.807) is 24.4 Å². The Morgan fingerprint density at radius 3 is 2.64 bits per heavy atom. The zero-order valence-corrected chi connectivity index (χ0v) is 14.8. The van der Waals surface area contributed by atoms with Crippen molar-refractivity contribution in [1.82, 2.24) is 9.38 Å². The van der Waals surface area contributed by atoms with Crippen LogP contribution in [0.2, 0.25) is 0 Å². The minimum Gasteiger partial charge on any atom is -0.465 e. The molecule has 0 N–H and O–H groups in total. The molecule has 0 saturated carbocycles. The third kappa shape index (κ3) is 3.46. The molecule has 1 aromatic carbocycles. The molecule has 2 aromatic heterocycles. The van der Waals surface area contributed by atoms with E-state index in [0.29, 0.717) is 23.0 Å². The lowest BCUT2D eigenvalue weighted by Gasteiger charge is -2.05. The van der Waals surface area contributed by atoms with Crippen molar-refractivity contribution in [1.29, 1.82) is 0 Å². The van der Waals surface area contributed by atoms with Crippen molar-refractivity contribution < 1.29 is 19.1 Å². The van der Waals surface area contributed by atoms with E-state index >= 15 is 0 Å². The van der Waals surface area contributed by atoms with Gasteiger partial charge in [0, 0.05) is 11.6 Å². The zero-order valence-electron chi connectivity index (χ0n) is 14.0. The van der Waals surface area contributed by atoms with E-state index in [1.165, 1.54) is 11.8 Å². The number of imidazole rings is 1. The van der Waals surface area contributed by atoms with E-state index in [0.717, 1.165) is 10.8 Å². The lowest BCUT2D eigenvalue weighted by molar-refractivity contribution is -0.139. The summed E-state index contributed by atoms with van der Waals surface area (Å²) in [5.41, 5.74) is 0.990. The van der Waals surface area contributed by atoms with Gasteiger partial charge in [-0.3, -0.25) is 9.20 Å². The summed E-state index contributed by atoms with van der Waals surface area (Å²) in [6.45, 7) is 4.09. The van der Waals surface area contributed by atoms with Crippen LogP contribution in [0.25, 0.3) is 16.4 Å². The predicted molar refractivity (Wildman–Crippen MR) is 96.0 cm³/mol. The van der Waals surface area contributed by atoms with Gasteiger partial charge in [-0.05, 0) is 25.3 Å². The van der Waals surface area contributed by atoms with Gasteiger partial charge in [-0.2, -0.15) is 0 Å². The van der Waals surface area contributed by atoms with E-state index in [-0.39, 0.29) is 18.3 Å². The fourth-order valence-corrected chi connectivity index (χ4v) is 3.37. The Morgan fingerprint density at radius 1 is 1.12 bits per heavy atom. The predicted octanol–water partition coefficient (Wildman–Crippen LogP) is 3.32. The molecule has 0 saturated heterocycles. The van der Waals surface area contributed by atoms with Crippen LogP contribution in [0.15, 0.2) is 41.6 Å². The largest absolute Gasteiger partial charge is 0.465 e. The summed E-state index contributed by atoms with van der Waals surface area (Å²) >= 11 is 1.18. The number of hydrogen-bond donors (Lipinski definition) is 0. The number of hydrogen-bond acceptors (Lipinski definition) is 6. The number of carbonyl (C=O) groups is 2. The normalized spacial score (nSPS) is 11.0. The van der Waals surface area contributed by atoms with Crippen LogP contribution in [0, 0.1) is 0 Å². The van der Waals surface area contributed by atoms with Gasteiger partial charge in [0.1, 0.15) is 10.7 Å². The van der Waals surface area contributed by atoms with Gasteiger partial charge in [-0.1, -0.05) is 36.0 Å². The first-order valence-electron chi connectivity index (χ1n) is 8.01. The molecule has 0 fully saturated rings. The minimum atomic E-state index is -0.461. The molecule has 0 aliphatic heterocycles. The fourth-order valence-electron chi connectivity index (χ4n) is 2.56. The van der Waals surface area contributed by atoms with Gasteiger partial charge in [-0.15, -0.1) is 0 Å². The van der Waals surface area contributed by atoms with Crippen LogP contribution in [0.3, 0.4) is 0 Å². The van der Waals surface area contributed by atoms with Gasteiger partial charge in [0.05, 0.1) is 19.0 Å². The molecule has 0 spiro atoms. The fraction of sp³-hybridized carbons (Fsp3) is 0.278. The molecule has 6 nitrogen and oxygen atoms in total. The molecule has 0 bridgehead atoms. The highest BCUT2D eigenvalue weighted by molar-refractivity contribution is 8.00. The molecule has 0 amide bonds. The molecule has 25 heavy (non-hydrogen) atoms. The summed E-state index contributed by atoms with van der Waals surface area (Å²) in [6, 6.07) is 9.73. The summed E-state index contributed by atoms with van der Waals surface area (Å²) in [6.07, 6.45) is 1.80. The Labute approximate surface area is 149 Å². The number of rotatable bonds is 6. The van der Waals surface area contributed by atoms with Crippen molar-refractivity contribution in [3.63, 3.8) is 0 Å². The molecule has 3 rings (SSSR count). The standard InChI is InChI=1S/C18H18N2O4S/c1-3-23-14(21)11-25-17-15(18(22)24-4-2)20-10-9-12-7-5-6-8-13(12)16(20)19-17/h5-10H,3-4,11H2,1-2H3. The van der Waals surface area contributed by atoms with E-state index < -0.39 is 5.97 Å². The minimum absolute atomic E-state index is 0.0854. The Hall–Kier alpha value is -2.54. The summed E-state index contributed by atoms with van der Waals surface area (Å²) < 4.78 is 11.8. The summed E-state index contributed by atoms with van der Waals surface area (Å²) in [7, 11) is 0. The van der Waals surface area contributed by atoms with Crippen LogP contribution in [-0.4, -0.2) is 40.3 Å². The molecule has 0 aliphatic carbocycles. The number of esters is 2. The second kappa shape index (κ2) is 7.57. The van der Waals surface area contributed by atoms with E-state index in [9.17, 15) is 9.59 Å². The Morgan fingerprint density at radius 2 is 1.88 bits per heavy atom. The maximum Gasteiger partial charge on any atom is 0.358 e. The van der Waals surface area contributed by atoms with Gasteiger partial charge < -0.3 is 9.47 Å². The van der Waals surface area contributed by atoms with Crippen LogP contribution in [0.4, 0.5) is 0 Å². The third-order valence-corrected chi connectivity index (χ3v) is 4.52. The van der Waals surface area contributed by atoms with Crippen LogP contribution >= 0.6 is 11.8 Å². The third-order valence-electron chi connectivity index (χ3n) is 3.58. The van der Waals surface area contributed by atoms with Gasteiger partial charge in [0.15, 0.2) is 5.69 Å². The number of benzene rings is 1. The maximum atomic E-state index is 12.4. The first-order valence-corrected chi connectivity index (χ1v) is 8.99. The van der Waals surface area contributed by atoms with Gasteiger partial charge in [0.2, 0.25) is 0 Å². The summed E-state index contributed by atoms with van der Waals surface area (Å²) in [5.74, 6) is -0.719. The second-order valence-electron chi connectivity index (χ2n) is 5.18. The van der Waals surface area contributed by atoms with Crippen LogP contribution in [0.5, 0.6) is 0 Å². The molecule has 0 unspecified atom stereocenters. The molecule has 130 valence electrons. The van der Waals surface area contributed by atoms with Crippen LogP contribution < -0.4 is 0 Å². The second-order valence-corrected chi connectivity index (χ2v) is 6.14. The maximum absolute atomic E-state index is 12.4. The lowest BCUT2D eigenvalue weighted by Crippen LogP contribution is -2.11. The molecule has 7 heteroatoms. The molecule has 0 radical (unpaired) electrons. The van der Waals surface area contributed by atoms with Gasteiger partial charge in [0.25, 0.3) is 0 Å². The summed E-state index contributed by atoms with van der Waals surface area (Å²) in [4.78, 5) is 28.7. The average Bonchev–Trinajstić information content (AvgIpc) is 2.99. The number of pyridine rings is 1. The highest BCUT2D eigenvalue weighted by atomic mass is 32.2.